The molecule has 1 aromatic carbocycles. The molecule has 0 bridgehead atoms. The smallest absolute Gasteiger partial charge is 0.254 e. The highest BCUT2D eigenvalue weighted by Crippen LogP contribution is 2.29. The van der Waals surface area contributed by atoms with Crippen molar-refractivity contribution in [3.05, 3.63) is 35.5 Å². The Balaban J connectivity index is 0.000000405. The van der Waals surface area contributed by atoms with Crippen LogP contribution in [0.1, 0.15) is 48.5 Å². The fourth-order valence-electron chi connectivity index (χ4n) is 5.08. The lowest BCUT2D eigenvalue weighted by Gasteiger charge is -2.19. The number of carbonyl (C=O) groups is 1. The molecule has 37 heavy (non-hydrogen) atoms. The summed E-state index contributed by atoms with van der Waals surface area (Å²) in [6, 6.07) is 5.54. The number of nitrogen functional groups attached to an aromatic ring is 2. The second-order valence-corrected chi connectivity index (χ2v) is 9.70. The maximum absolute atomic E-state index is 13.0. The Morgan fingerprint density at radius 1 is 1.16 bits per heavy atom. The average Bonchev–Trinajstić information content (AvgIpc) is 3.60. The van der Waals surface area contributed by atoms with E-state index in [4.69, 9.17) is 21.3 Å². The van der Waals surface area contributed by atoms with E-state index in [1.165, 1.54) is 19.3 Å². The van der Waals surface area contributed by atoms with Crippen molar-refractivity contribution in [2.75, 3.05) is 51.4 Å². The van der Waals surface area contributed by atoms with Crippen LogP contribution in [0.25, 0.3) is 11.0 Å². The van der Waals surface area contributed by atoms with E-state index in [0.717, 1.165) is 38.2 Å². The summed E-state index contributed by atoms with van der Waals surface area (Å²) in [5, 5.41) is 16.1. The minimum Gasteiger partial charge on any atom is -0.496 e. The Morgan fingerprint density at radius 3 is 2.59 bits per heavy atom. The quantitative estimate of drug-likeness (QED) is 0.332. The van der Waals surface area contributed by atoms with Crippen LogP contribution >= 0.6 is 0 Å². The maximum Gasteiger partial charge on any atom is 0.254 e. The van der Waals surface area contributed by atoms with Gasteiger partial charge in [0.25, 0.3) is 5.91 Å². The molecule has 200 valence electrons. The van der Waals surface area contributed by atoms with E-state index in [-0.39, 0.29) is 17.7 Å². The van der Waals surface area contributed by atoms with Crippen molar-refractivity contribution in [3.8, 4) is 5.75 Å². The van der Waals surface area contributed by atoms with Crippen LogP contribution in [0.2, 0.25) is 0 Å². The summed E-state index contributed by atoms with van der Waals surface area (Å²) in [6.45, 7) is 6.53. The number of aliphatic hydroxyl groups excluding tert-OH is 1. The van der Waals surface area contributed by atoms with Crippen LogP contribution in [0.4, 0.5) is 11.8 Å². The summed E-state index contributed by atoms with van der Waals surface area (Å²) < 4.78 is 7.29. The van der Waals surface area contributed by atoms with Gasteiger partial charge in [0.15, 0.2) is 5.82 Å². The Bertz CT molecular complexity index is 1200. The topological polar surface area (TPSA) is 157 Å². The molecule has 2 aliphatic heterocycles. The first-order chi connectivity index (χ1) is 17.9. The number of anilines is 2. The molecule has 2 atom stereocenters. The van der Waals surface area contributed by atoms with Crippen molar-refractivity contribution in [3.63, 3.8) is 0 Å². The number of likely N-dealkylation sites (tertiary alicyclic amines) is 1. The molecule has 0 radical (unpaired) electrons. The third kappa shape index (κ3) is 6.11. The molecule has 0 aliphatic carbocycles. The SMILES string of the molecule is CCCCCCO.COc1cc(C(=O)N2C[C@H]3CNC[C@H]3C2)ccc1Cn1ncc2nc(N)nc(N)c21. The predicted molar refractivity (Wildman–Crippen MR) is 143 cm³/mol. The molecule has 2 fully saturated rings. The number of aliphatic hydroxyl groups is 1. The van der Waals surface area contributed by atoms with E-state index in [1.807, 2.05) is 17.0 Å². The number of fused-ring (bicyclic) bond motifs is 2. The fraction of sp³-hybridized carbons (Fsp3) is 0.538. The Labute approximate surface area is 217 Å². The van der Waals surface area contributed by atoms with Gasteiger partial charge in [0, 0.05) is 43.9 Å². The Morgan fingerprint density at radius 2 is 1.92 bits per heavy atom. The van der Waals surface area contributed by atoms with E-state index in [0.29, 0.717) is 47.3 Å². The van der Waals surface area contributed by atoms with Crippen molar-refractivity contribution in [1.82, 2.24) is 30.0 Å². The summed E-state index contributed by atoms with van der Waals surface area (Å²) in [5.41, 5.74) is 14.4. The van der Waals surface area contributed by atoms with Gasteiger partial charge in [0.2, 0.25) is 5.95 Å². The summed E-state index contributed by atoms with van der Waals surface area (Å²) in [4.78, 5) is 23.2. The first-order valence-corrected chi connectivity index (χ1v) is 13.0. The minimum atomic E-state index is 0.0481. The van der Waals surface area contributed by atoms with Crippen molar-refractivity contribution < 1.29 is 14.6 Å². The Hall–Kier alpha value is -3.44. The highest BCUT2D eigenvalue weighted by molar-refractivity contribution is 5.95. The average molecular weight is 511 g/mol. The predicted octanol–water partition coefficient (Wildman–Crippen LogP) is 1.90. The molecule has 0 unspecified atom stereocenters. The number of hydrogen-bond donors (Lipinski definition) is 4. The zero-order valence-corrected chi connectivity index (χ0v) is 21.7. The number of rotatable bonds is 8. The van der Waals surface area contributed by atoms with Gasteiger partial charge in [0.1, 0.15) is 16.8 Å². The van der Waals surface area contributed by atoms with Crippen LogP contribution in [-0.2, 0) is 6.54 Å². The van der Waals surface area contributed by atoms with Gasteiger partial charge in [-0.2, -0.15) is 10.1 Å². The zero-order chi connectivity index (χ0) is 26.4. The van der Waals surface area contributed by atoms with Crippen molar-refractivity contribution >= 4 is 28.7 Å². The summed E-state index contributed by atoms with van der Waals surface area (Å²) in [7, 11) is 1.60. The zero-order valence-electron chi connectivity index (χ0n) is 21.7. The molecule has 1 amide bonds. The summed E-state index contributed by atoms with van der Waals surface area (Å²) in [5.74, 6) is 2.18. The van der Waals surface area contributed by atoms with Crippen molar-refractivity contribution in [2.24, 2.45) is 11.8 Å². The molecular formula is C26H38N8O3. The van der Waals surface area contributed by atoms with Gasteiger partial charge in [-0.3, -0.25) is 9.48 Å². The third-order valence-corrected chi connectivity index (χ3v) is 7.08. The lowest BCUT2D eigenvalue weighted by atomic mass is 10.0. The first-order valence-electron chi connectivity index (χ1n) is 13.0. The number of nitrogens with zero attached hydrogens (tertiary/aromatic N) is 5. The van der Waals surface area contributed by atoms with Gasteiger partial charge in [-0.1, -0.05) is 32.3 Å². The van der Waals surface area contributed by atoms with E-state index >= 15 is 0 Å². The second kappa shape index (κ2) is 12.2. The number of methoxy groups -OCH3 is 1. The van der Waals surface area contributed by atoms with Gasteiger partial charge in [-0.15, -0.1) is 0 Å². The molecule has 2 saturated heterocycles. The molecular weight excluding hydrogens is 472 g/mol. The van der Waals surface area contributed by atoms with Crippen molar-refractivity contribution in [2.45, 2.75) is 39.2 Å². The number of carbonyl (C=O) groups excluding carboxylic acids is 1. The number of ether oxygens (including phenoxy) is 1. The number of nitrogens with two attached hydrogens (primary N) is 2. The number of unbranched alkanes of at least 4 members (excludes halogenated alkanes) is 3. The van der Waals surface area contributed by atoms with Crippen LogP contribution in [0.5, 0.6) is 5.75 Å². The molecule has 3 aromatic rings. The molecule has 0 spiro atoms. The van der Waals surface area contributed by atoms with E-state index in [1.54, 1.807) is 24.1 Å². The molecule has 0 saturated carbocycles. The minimum absolute atomic E-state index is 0.0481. The number of nitrogens with one attached hydrogen (secondary N) is 1. The molecule has 11 heteroatoms. The first kappa shape index (κ1) is 26.6. The monoisotopic (exact) mass is 510 g/mol. The number of aromatic nitrogens is 4. The largest absolute Gasteiger partial charge is 0.496 e. The molecule has 2 aliphatic rings. The van der Waals surface area contributed by atoms with Crippen LogP contribution in [0, 0.1) is 11.8 Å². The highest BCUT2D eigenvalue weighted by atomic mass is 16.5. The normalized spacial score (nSPS) is 18.5. The highest BCUT2D eigenvalue weighted by Gasteiger charge is 2.38. The number of benzene rings is 1. The molecule has 2 aromatic heterocycles. The number of amides is 1. The second-order valence-electron chi connectivity index (χ2n) is 9.70. The van der Waals surface area contributed by atoms with Crippen LogP contribution in [-0.4, -0.2) is 75.6 Å². The van der Waals surface area contributed by atoms with Crippen LogP contribution in [0.3, 0.4) is 0 Å². The van der Waals surface area contributed by atoms with E-state index in [2.05, 4.69) is 27.3 Å². The van der Waals surface area contributed by atoms with Gasteiger partial charge in [0.05, 0.1) is 19.9 Å². The lowest BCUT2D eigenvalue weighted by molar-refractivity contribution is 0.0781. The van der Waals surface area contributed by atoms with Gasteiger partial charge in [-0.25, -0.2) is 4.98 Å². The summed E-state index contributed by atoms with van der Waals surface area (Å²) in [6.07, 6.45) is 6.29. The molecule has 4 heterocycles. The molecule has 6 N–H and O–H groups in total. The molecule has 5 rings (SSSR count). The summed E-state index contributed by atoms with van der Waals surface area (Å²) >= 11 is 0. The van der Waals surface area contributed by atoms with E-state index < -0.39 is 0 Å². The van der Waals surface area contributed by atoms with Gasteiger partial charge >= 0.3 is 0 Å². The van der Waals surface area contributed by atoms with Crippen LogP contribution < -0.4 is 21.5 Å². The Kier molecular flexibility index (Phi) is 8.78. The van der Waals surface area contributed by atoms with E-state index in [9.17, 15) is 4.79 Å². The lowest BCUT2D eigenvalue weighted by Crippen LogP contribution is -2.31. The number of hydrogen-bond acceptors (Lipinski definition) is 9. The van der Waals surface area contributed by atoms with Gasteiger partial charge in [-0.05, 0) is 30.4 Å². The van der Waals surface area contributed by atoms with Gasteiger partial charge < -0.3 is 31.5 Å². The fourth-order valence-corrected chi connectivity index (χ4v) is 5.08. The molecule has 11 nitrogen and oxygen atoms in total. The standard InChI is InChI=1S/C20H24N8O2.C6H14O/c1-30-16-4-11(19(29)27-8-13-5-23-6-14(13)9-27)2-3-12(16)10-28-17-15(7-24-28)25-20(22)26-18(17)21;1-2-3-4-5-6-7/h2-4,7,13-14,23H,5-6,8-10H2,1H3,(H4,21,22,25,26);7H,2-6H2,1H3/t13-,14+;. The third-order valence-electron chi connectivity index (χ3n) is 7.08. The maximum atomic E-state index is 13.0. The van der Waals surface area contributed by atoms with Crippen molar-refractivity contribution in [1.29, 1.82) is 0 Å². The van der Waals surface area contributed by atoms with Crippen LogP contribution in [0.15, 0.2) is 24.4 Å².